The highest BCUT2D eigenvalue weighted by Gasteiger charge is 2.21. The summed E-state index contributed by atoms with van der Waals surface area (Å²) in [5.74, 6) is 0.424. The van der Waals surface area contributed by atoms with Crippen molar-refractivity contribution in [1.29, 1.82) is 0 Å². The van der Waals surface area contributed by atoms with Crippen LogP contribution in [0.15, 0.2) is 18.2 Å². The first-order valence-electron chi connectivity index (χ1n) is 5.90. The van der Waals surface area contributed by atoms with Crippen LogP contribution in [0.1, 0.15) is 27.7 Å². The highest BCUT2D eigenvalue weighted by atomic mass is 35.5. The van der Waals surface area contributed by atoms with Crippen molar-refractivity contribution >= 4 is 23.0 Å². The quantitative estimate of drug-likeness (QED) is 0.654. The van der Waals surface area contributed by atoms with Crippen molar-refractivity contribution in [2.75, 3.05) is 11.9 Å². The van der Waals surface area contributed by atoms with Crippen molar-refractivity contribution in [2.45, 2.75) is 27.7 Å². The van der Waals surface area contributed by atoms with E-state index in [0.29, 0.717) is 11.6 Å². The van der Waals surface area contributed by atoms with Gasteiger partial charge in [0.25, 0.3) is 5.69 Å². The van der Waals surface area contributed by atoms with Gasteiger partial charge in [-0.05, 0) is 17.4 Å². The fourth-order valence-electron chi connectivity index (χ4n) is 1.37. The Hall–Kier alpha value is -1.29. The Morgan fingerprint density at radius 2 is 2.06 bits per heavy atom. The predicted molar refractivity (Wildman–Crippen MR) is 75.2 cm³/mol. The summed E-state index contributed by atoms with van der Waals surface area (Å²) < 4.78 is 0. The van der Waals surface area contributed by atoms with Crippen LogP contribution in [0.4, 0.5) is 11.4 Å². The lowest BCUT2D eigenvalue weighted by Crippen LogP contribution is -2.24. The minimum absolute atomic E-state index is 0.0647. The third-order valence-electron chi connectivity index (χ3n) is 3.25. The molecule has 4 nitrogen and oxygen atoms in total. The third kappa shape index (κ3) is 3.60. The first-order valence-corrected chi connectivity index (χ1v) is 6.28. The van der Waals surface area contributed by atoms with Gasteiger partial charge >= 0.3 is 0 Å². The number of hydrogen-bond acceptors (Lipinski definition) is 3. The molecule has 0 saturated heterocycles. The number of nitrogens with one attached hydrogen (secondary N) is 1. The maximum Gasteiger partial charge on any atom is 0.289 e. The highest BCUT2D eigenvalue weighted by Crippen LogP contribution is 2.32. The van der Waals surface area contributed by atoms with Crippen molar-refractivity contribution in [1.82, 2.24) is 0 Å². The van der Waals surface area contributed by atoms with Crippen LogP contribution in [0, 0.1) is 21.4 Å². The zero-order valence-electron chi connectivity index (χ0n) is 11.2. The summed E-state index contributed by atoms with van der Waals surface area (Å²) in [6.45, 7) is 9.35. The molecule has 1 N–H and O–H groups in total. The van der Waals surface area contributed by atoms with Gasteiger partial charge in [-0.25, -0.2) is 0 Å². The van der Waals surface area contributed by atoms with E-state index in [4.69, 9.17) is 11.6 Å². The largest absolute Gasteiger partial charge is 0.383 e. The maximum absolute atomic E-state index is 10.8. The van der Waals surface area contributed by atoms with Crippen LogP contribution in [0.25, 0.3) is 0 Å². The van der Waals surface area contributed by atoms with Crippen molar-refractivity contribution < 1.29 is 4.92 Å². The van der Waals surface area contributed by atoms with Gasteiger partial charge in [-0.2, -0.15) is 0 Å². The SMILES string of the molecule is CC(CNc1cccc([N+](=O)[O-])c1Cl)C(C)(C)C. The van der Waals surface area contributed by atoms with Crippen molar-refractivity contribution in [3.63, 3.8) is 0 Å². The van der Waals surface area contributed by atoms with Gasteiger partial charge in [-0.15, -0.1) is 0 Å². The third-order valence-corrected chi connectivity index (χ3v) is 3.65. The van der Waals surface area contributed by atoms with Crippen LogP contribution >= 0.6 is 11.6 Å². The van der Waals surface area contributed by atoms with Crippen molar-refractivity contribution in [2.24, 2.45) is 11.3 Å². The smallest absolute Gasteiger partial charge is 0.289 e. The Morgan fingerprint density at radius 1 is 1.44 bits per heavy atom. The number of nitro benzene ring substituents is 1. The van der Waals surface area contributed by atoms with E-state index in [0.717, 1.165) is 6.54 Å². The lowest BCUT2D eigenvalue weighted by Gasteiger charge is -2.27. The Bertz CT molecular complexity index is 441. The molecule has 0 aliphatic heterocycles. The molecule has 0 amide bonds. The summed E-state index contributed by atoms with van der Waals surface area (Å²) in [7, 11) is 0. The maximum atomic E-state index is 10.8. The van der Waals surface area contributed by atoms with Crippen LogP contribution in [0.2, 0.25) is 5.02 Å². The summed E-state index contributed by atoms with van der Waals surface area (Å²) in [6, 6.07) is 4.79. The van der Waals surface area contributed by atoms with E-state index in [2.05, 4.69) is 33.0 Å². The highest BCUT2D eigenvalue weighted by molar-refractivity contribution is 6.35. The van der Waals surface area contributed by atoms with Gasteiger partial charge < -0.3 is 5.32 Å². The van der Waals surface area contributed by atoms with E-state index in [1.807, 2.05) is 0 Å². The molecule has 0 bridgehead atoms. The van der Waals surface area contributed by atoms with Crippen LogP contribution in [-0.2, 0) is 0 Å². The molecular formula is C13H19ClN2O2. The van der Waals surface area contributed by atoms with E-state index in [1.54, 1.807) is 12.1 Å². The van der Waals surface area contributed by atoms with E-state index in [-0.39, 0.29) is 16.1 Å². The fraction of sp³-hybridized carbons (Fsp3) is 0.538. The average Bonchev–Trinajstić information content (AvgIpc) is 2.25. The molecular weight excluding hydrogens is 252 g/mol. The minimum atomic E-state index is -0.472. The Balaban J connectivity index is 2.81. The number of nitrogens with zero attached hydrogens (tertiary/aromatic N) is 1. The monoisotopic (exact) mass is 270 g/mol. The molecule has 0 radical (unpaired) electrons. The molecule has 1 unspecified atom stereocenters. The van der Waals surface area contributed by atoms with Gasteiger partial charge in [0.1, 0.15) is 5.02 Å². The molecule has 0 saturated carbocycles. The predicted octanol–water partition coefficient (Wildman–Crippen LogP) is 4.34. The molecule has 1 aromatic carbocycles. The second-order valence-electron chi connectivity index (χ2n) is 5.54. The van der Waals surface area contributed by atoms with Gasteiger partial charge in [-0.1, -0.05) is 45.4 Å². The van der Waals surface area contributed by atoms with Crippen molar-refractivity contribution in [3.8, 4) is 0 Å². The van der Waals surface area contributed by atoms with Gasteiger partial charge in [0.2, 0.25) is 0 Å². The summed E-state index contributed by atoms with van der Waals surface area (Å²) in [6.07, 6.45) is 0. The lowest BCUT2D eigenvalue weighted by atomic mass is 9.82. The van der Waals surface area contributed by atoms with E-state index in [1.165, 1.54) is 6.07 Å². The molecule has 100 valence electrons. The number of anilines is 1. The summed E-state index contributed by atoms with van der Waals surface area (Å²) >= 11 is 6.00. The van der Waals surface area contributed by atoms with E-state index < -0.39 is 4.92 Å². The first kappa shape index (κ1) is 14.8. The standard InChI is InChI=1S/C13H19ClN2O2/c1-9(13(2,3)4)8-15-10-6-5-7-11(12(10)14)16(17)18/h5-7,9,15H,8H2,1-4H3. The molecule has 0 aromatic heterocycles. The molecule has 5 heteroatoms. The average molecular weight is 271 g/mol. The normalized spacial score (nSPS) is 13.2. The molecule has 0 spiro atoms. The molecule has 0 aliphatic carbocycles. The second kappa shape index (κ2) is 5.57. The number of nitro groups is 1. The molecule has 18 heavy (non-hydrogen) atoms. The Labute approximate surface area is 112 Å². The second-order valence-corrected chi connectivity index (χ2v) is 5.92. The zero-order chi connectivity index (χ0) is 13.9. The van der Waals surface area contributed by atoms with Crippen LogP contribution < -0.4 is 5.32 Å². The van der Waals surface area contributed by atoms with Gasteiger partial charge in [0.05, 0.1) is 10.6 Å². The van der Waals surface area contributed by atoms with Crippen LogP contribution in [-0.4, -0.2) is 11.5 Å². The minimum Gasteiger partial charge on any atom is -0.383 e. The first-order chi connectivity index (χ1) is 8.23. The van der Waals surface area contributed by atoms with Crippen LogP contribution in [0.5, 0.6) is 0 Å². The topological polar surface area (TPSA) is 55.2 Å². The molecule has 0 aliphatic rings. The number of halogens is 1. The lowest BCUT2D eigenvalue weighted by molar-refractivity contribution is -0.384. The number of rotatable bonds is 4. The Morgan fingerprint density at radius 3 is 2.56 bits per heavy atom. The molecule has 1 rings (SSSR count). The summed E-state index contributed by atoms with van der Waals surface area (Å²) in [4.78, 5) is 10.3. The Kier molecular flexibility index (Phi) is 4.57. The fourth-order valence-corrected chi connectivity index (χ4v) is 1.63. The number of benzene rings is 1. The molecule has 1 atom stereocenters. The van der Waals surface area contributed by atoms with Gasteiger partial charge in [-0.3, -0.25) is 10.1 Å². The molecule has 0 fully saturated rings. The summed E-state index contributed by atoms with van der Waals surface area (Å²) in [5.41, 5.74) is 0.729. The van der Waals surface area contributed by atoms with Gasteiger partial charge in [0, 0.05) is 12.6 Å². The van der Waals surface area contributed by atoms with Crippen LogP contribution in [0.3, 0.4) is 0 Å². The van der Waals surface area contributed by atoms with Gasteiger partial charge in [0.15, 0.2) is 0 Å². The molecule has 1 aromatic rings. The van der Waals surface area contributed by atoms with Crippen molar-refractivity contribution in [3.05, 3.63) is 33.3 Å². The van der Waals surface area contributed by atoms with E-state index >= 15 is 0 Å². The summed E-state index contributed by atoms with van der Waals surface area (Å²) in [5, 5.41) is 14.1. The number of hydrogen-bond donors (Lipinski definition) is 1. The zero-order valence-corrected chi connectivity index (χ0v) is 11.9. The molecule has 0 heterocycles. The van der Waals surface area contributed by atoms with E-state index in [9.17, 15) is 10.1 Å².